The van der Waals surface area contributed by atoms with E-state index in [1.165, 1.54) is 25.2 Å². The highest BCUT2D eigenvalue weighted by Gasteiger charge is 2.18. The second-order valence-electron chi connectivity index (χ2n) is 6.90. The zero-order valence-corrected chi connectivity index (χ0v) is 14.8. The molecule has 0 unspecified atom stereocenters. The van der Waals surface area contributed by atoms with Crippen molar-refractivity contribution in [2.75, 3.05) is 70.5 Å². The molecule has 4 rings (SSSR count). The van der Waals surface area contributed by atoms with E-state index in [1.54, 1.807) is 6.33 Å². The lowest BCUT2D eigenvalue weighted by atomic mass is 10.2. The number of benzene rings is 1. The molecule has 2 aliphatic rings. The Kier molecular flexibility index (Phi) is 5.40. The molecular formula is C19H27N5O. The van der Waals surface area contributed by atoms with Crippen molar-refractivity contribution < 1.29 is 4.74 Å². The van der Waals surface area contributed by atoms with Crippen LogP contribution in [0.5, 0.6) is 0 Å². The summed E-state index contributed by atoms with van der Waals surface area (Å²) in [4.78, 5) is 16.0. The average Bonchev–Trinajstić information content (AvgIpc) is 2.95. The number of ether oxygens (including phenoxy) is 1. The van der Waals surface area contributed by atoms with Crippen LogP contribution in [-0.4, -0.2) is 85.3 Å². The molecule has 6 nitrogen and oxygen atoms in total. The lowest BCUT2D eigenvalue weighted by Gasteiger charge is -2.37. The van der Waals surface area contributed by atoms with Gasteiger partial charge in [-0.25, -0.2) is 9.97 Å². The van der Waals surface area contributed by atoms with Crippen molar-refractivity contribution in [3.63, 3.8) is 0 Å². The third-order valence-electron chi connectivity index (χ3n) is 5.27. The molecule has 1 aromatic heterocycles. The second kappa shape index (κ2) is 8.08. The van der Waals surface area contributed by atoms with Crippen molar-refractivity contribution >= 4 is 16.6 Å². The van der Waals surface area contributed by atoms with Crippen molar-refractivity contribution in [1.29, 1.82) is 0 Å². The molecule has 2 aromatic rings. The molecule has 0 amide bonds. The lowest BCUT2D eigenvalue weighted by molar-refractivity contribution is 0.137. The lowest BCUT2D eigenvalue weighted by Crippen LogP contribution is -2.48. The Bertz CT molecular complexity index is 678. The first-order chi connectivity index (χ1) is 12.4. The van der Waals surface area contributed by atoms with E-state index in [9.17, 15) is 0 Å². The van der Waals surface area contributed by atoms with Crippen LogP contribution in [0.25, 0.3) is 10.9 Å². The minimum atomic E-state index is 0.888. The molecule has 1 aromatic carbocycles. The summed E-state index contributed by atoms with van der Waals surface area (Å²) in [6, 6.07) is 6.49. The van der Waals surface area contributed by atoms with E-state index in [-0.39, 0.29) is 0 Å². The van der Waals surface area contributed by atoms with Crippen molar-refractivity contribution in [3.05, 3.63) is 30.7 Å². The quantitative estimate of drug-likeness (QED) is 0.839. The van der Waals surface area contributed by atoms with Gasteiger partial charge in [0.15, 0.2) is 0 Å². The molecule has 0 atom stereocenters. The van der Waals surface area contributed by atoms with Gasteiger partial charge in [0.1, 0.15) is 6.33 Å². The van der Waals surface area contributed by atoms with Crippen LogP contribution >= 0.6 is 0 Å². The van der Waals surface area contributed by atoms with Gasteiger partial charge >= 0.3 is 0 Å². The summed E-state index contributed by atoms with van der Waals surface area (Å²) in [7, 11) is 0. The van der Waals surface area contributed by atoms with Crippen LogP contribution in [0.3, 0.4) is 0 Å². The fourth-order valence-corrected chi connectivity index (χ4v) is 3.70. The molecule has 2 fully saturated rings. The monoisotopic (exact) mass is 341 g/mol. The molecular weight excluding hydrogens is 314 g/mol. The van der Waals surface area contributed by atoms with Crippen LogP contribution in [0.2, 0.25) is 0 Å². The summed E-state index contributed by atoms with van der Waals surface area (Å²) in [5, 5.41) is 1.12. The van der Waals surface area contributed by atoms with Crippen molar-refractivity contribution in [1.82, 2.24) is 19.8 Å². The van der Waals surface area contributed by atoms with Crippen LogP contribution in [0.15, 0.2) is 30.7 Å². The van der Waals surface area contributed by atoms with Gasteiger partial charge in [0.2, 0.25) is 0 Å². The first-order valence-corrected chi connectivity index (χ1v) is 9.36. The Labute approximate surface area is 149 Å². The number of nitrogens with zero attached hydrogens (tertiary/aromatic N) is 5. The van der Waals surface area contributed by atoms with E-state index in [4.69, 9.17) is 4.74 Å². The Morgan fingerprint density at radius 2 is 1.76 bits per heavy atom. The highest BCUT2D eigenvalue weighted by atomic mass is 16.5. The largest absolute Gasteiger partial charge is 0.380 e. The number of aromatic nitrogens is 2. The minimum absolute atomic E-state index is 0.888. The molecule has 134 valence electrons. The second-order valence-corrected chi connectivity index (χ2v) is 6.90. The van der Waals surface area contributed by atoms with Crippen LogP contribution < -0.4 is 4.90 Å². The average molecular weight is 341 g/mol. The molecule has 3 heterocycles. The van der Waals surface area contributed by atoms with Crippen molar-refractivity contribution in [2.45, 2.75) is 6.42 Å². The Morgan fingerprint density at radius 1 is 0.920 bits per heavy atom. The molecule has 6 heteroatoms. The van der Waals surface area contributed by atoms with Gasteiger partial charge in [-0.05, 0) is 24.6 Å². The number of hydrogen-bond acceptors (Lipinski definition) is 6. The van der Waals surface area contributed by atoms with Crippen molar-refractivity contribution in [2.24, 2.45) is 0 Å². The Hall–Kier alpha value is -1.76. The molecule has 2 aliphatic heterocycles. The first kappa shape index (κ1) is 16.7. The fourth-order valence-electron chi connectivity index (χ4n) is 3.70. The number of piperazine rings is 1. The van der Waals surface area contributed by atoms with E-state index in [0.29, 0.717) is 0 Å². The zero-order valence-electron chi connectivity index (χ0n) is 14.8. The minimum Gasteiger partial charge on any atom is -0.380 e. The summed E-state index contributed by atoms with van der Waals surface area (Å²) in [5.74, 6) is 0. The zero-order chi connectivity index (χ0) is 16.9. The number of hydrogen-bond donors (Lipinski definition) is 0. The summed E-state index contributed by atoms with van der Waals surface area (Å²) < 4.78 is 5.54. The van der Waals surface area contributed by atoms with Gasteiger partial charge in [0.05, 0.1) is 12.1 Å². The predicted octanol–water partition coefficient (Wildman–Crippen LogP) is 1.47. The molecule has 0 saturated carbocycles. The Morgan fingerprint density at radius 3 is 2.64 bits per heavy atom. The maximum atomic E-state index is 5.54. The smallest absolute Gasteiger partial charge is 0.116 e. The molecule has 2 saturated heterocycles. The molecule has 0 spiro atoms. The summed E-state index contributed by atoms with van der Waals surface area (Å²) in [6.07, 6.45) is 4.67. The van der Waals surface area contributed by atoms with Gasteiger partial charge in [-0.15, -0.1) is 0 Å². The van der Waals surface area contributed by atoms with Gasteiger partial charge < -0.3 is 9.64 Å². The molecule has 0 aliphatic carbocycles. The third-order valence-corrected chi connectivity index (χ3v) is 5.27. The predicted molar refractivity (Wildman–Crippen MR) is 100 cm³/mol. The van der Waals surface area contributed by atoms with Gasteiger partial charge in [0, 0.05) is 76.2 Å². The highest BCUT2D eigenvalue weighted by Crippen LogP contribution is 2.21. The normalized spacial score (nSPS) is 20.7. The molecule has 25 heavy (non-hydrogen) atoms. The van der Waals surface area contributed by atoms with Gasteiger partial charge in [-0.1, -0.05) is 0 Å². The highest BCUT2D eigenvalue weighted by molar-refractivity contribution is 5.81. The molecule has 0 bridgehead atoms. The molecule has 0 radical (unpaired) electrons. The first-order valence-electron chi connectivity index (χ1n) is 9.36. The van der Waals surface area contributed by atoms with E-state index in [1.807, 2.05) is 6.20 Å². The SMILES string of the molecule is c1ncc2cc(N3CCN(CCN4CCCOCC4)CC3)ccc2n1. The van der Waals surface area contributed by atoms with Crippen LogP contribution in [0.1, 0.15) is 6.42 Å². The van der Waals surface area contributed by atoms with Gasteiger partial charge in [-0.2, -0.15) is 0 Å². The number of anilines is 1. The van der Waals surface area contributed by atoms with E-state index >= 15 is 0 Å². The van der Waals surface area contributed by atoms with E-state index in [0.717, 1.165) is 63.4 Å². The summed E-state index contributed by atoms with van der Waals surface area (Å²) in [6.45, 7) is 10.8. The fraction of sp³-hybridized carbons (Fsp3) is 0.579. The maximum absolute atomic E-state index is 5.54. The maximum Gasteiger partial charge on any atom is 0.116 e. The summed E-state index contributed by atoms with van der Waals surface area (Å²) in [5.41, 5.74) is 2.30. The number of fused-ring (bicyclic) bond motifs is 1. The van der Waals surface area contributed by atoms with Gasteiger partial charge in [0.25, 0.3) is 0 Å². The number of rotatable bonds is 4. The Balaban J connectivity index is 1.28. The van der Waals surface area contributed by atoms with Crippen LogP contribution in [0.4, 0.5) is 5.69 Å². The van der Waals surface area contributed by atoms with E-state index in [2.05, 4.69) is 42.9 Å². The third kappa shape index (κ3) is 4.26. The van der Waals surface area contributed by atoms with Crippen LogP contribution in [0, 0.1) is 0 Å². The van der Waals surface area contributed by atoms with E-state index < -0.39 is 0 Å². The van der Waals surface area contributed by atoms with Crippen LogP contribution in [-0.2, 0) is 4.74 Å². The van der Waals surface area contributed by atoms with Gasteiger partial charge in [-0.3, -0.25) is 9.80 Å². The topological polar surface area (TPSA) is 44.7 Å². The standard InChI is InChI=1S/C19H27N5O/c1-4-22(11-13-25-12-1)5-6-23-7-9-24(10-8-23)18-2-3-19-17(14-18)15-20-16-21-19/h2-3,14-16H,1,4-13H2. The van der Waals surface area contributed by atoms with Crippen molar-refractivity contribution in [3.8, 4) is 0 Å². The summed E-state index contributed by atoms with van der Waals surface area (Å²) >= 11 is 0. The molecule has 0 N–H and O–H groups in total.